The van der Waals surface area contributed by atoms with Crippen molar-refractivity contribution in [2.24, 2.45) is 0 Å². The minimum absolute atomic E-state index is 0.258. The lowest BCUT2D eigenvalue weighted by Gasteiger charge is -2.17. The van der Waals surface area contributed by atoms with Crippen LogP contribution in [0.25, 0.3) is 0 Å². The van der Waals surface area contributed by atoms with Crippen LogP contribution in [0.15, 0.2) is 43.5 Å². The molecule has 1 aromatic carbocycles. The van der Waals surface area contributed by atoms with Gasteiger partial charge in [-0.2, -0.15) is 0 Å². The van der Waals surface area contributed by atoms with E-state index in [2.05, 4.69) is 80.7 Å². The van der Waals surface area contributed by atoms with Gasteiger partial charge in [0.2, 0.25) is 0 Å². The quantitative estimate of drug-likeness (QED) is 0.623. The summed E-state index contributed by atoms with van der Waals surface area (Å²) in [4.78, 5) is 2.62. The molecule has 0 aliphatic carbocycles. The number of nitrogens with one attached hydrogen (secondary N) is 1. The fraction of sp³-hybridized carbons (Fsp3) is 0.286. The van der Waals surface area contributed by atoms with Crippen molar-refractivity contribution in [1.82, 2.24) is 5.32 Å². The molecule has 0 aliphatic heterocycles. The molecule has 1 heterocycles. The van der Waals surface area contributed by atoms with E-state index in [0.717, 1.165) is 14.8 Å². The van der Waals surface area contributed by atoms with Gasteiger partial charge >= 0.3 is 0 Å². The number of thioether (sulfide) groups is 1. The van der Waals surface area contributed by atoms with Gasteiger partial charge in [0.1, 0.15) is 0 Å². The van der Waals surface area contributed by atoms with E-state index < -0.39 is 0 Å². The van der Waals surface area contributed by atoms with E-state index in [0.29, 0.717) is 0 Å². The van der Waals surface area contributed by atoms with Crippen molar-refractivity contribution < 1.29 is 0 Å². The van der Waals surface area contributed by atoms with Crippen LogP contribution in [0.3, 0.4) is 0 Å². The number of rotatable bonds is 5. The van der Waals surface area contributed by atoms with Gasteiger partial charge in [0, 0.05) is 14.2 Å². The Hall–Kier alpha value is 0.190. The second kappa shape index (κ2) is 7.27. The Morgan fingerprint density at radius 1 is 1.26 bits per heavy atom. The molecule has 0 amide bonds. The molecule has 0 fully saturated rings. The van der Waals surface area contributed by atoms with E-state index in [-0.39, 0.29) is 6.04 Å². The minimum atomic E-state index is 0.258. The van der Waals surface area contributed by atoms with Gasteiger partial charge in [-0.1, -0.05) is 19.1 Å². The highest BCUT2D eigenvalue weighted by atomic mass is 79.9. The van der Waals surface area contributed by atoms with E-state index in [9.17, 15) is 0 Å². The third-order valence-electron chi connectivity index (χ3n) is 2.81. The van der Waals surface area contributed by atoms with Crippen molar-refractivity contribution in [2.45, 2.75) is 17.9 Å². The lowest BCUT2D eigenvalue weighted by atomic mass is 10.1. The summed E-state index contributed by atoms with van der Waals surface area (Å²) in [5, 5.41) is 3.56. The zero-order chi connectivity index (χ0) is 13.8. The van der Waals surface area contributed by atoms with Crippen LogP contribution in [0.5, 0.6) is 0 Å². The normalized spacial score (nSPS) is 12.6. The maximum absolute atomic E-state index is 3.57. The lowest BCUT2D eigenvalue weighted by molar-refractivity contribution is 0.639. The summed E-state index contributed by atoms with van der Waals surface area (Å²) in [5.74, 6) is 0. The first-order valence-electron chi connectivity index (χ1n) is 5.97. The molecule has 0 bridgehead atoms. The smallest absolute Gasteiger partial charge is 0.0843 e. The van der Waals surface area contributed by atoms with Gasteiger partial charge in [0.15, 0.2) is 0 Å². The fourth-order valence-corrected chi connectivity index (χ4v) is 4.49. The Morgan fingerprint density at radius 2 is 1.95 bits per heavy atom. The summed E-state index contributed by atoms with van der Waals surface area (Å²) >= 11 is 10.7. The van der Waals surface area contributed by atoms with Gasteiger partial charge in [-0.3, -0.25) is 0 Å². The minimum Gasteiger partial charge on any atom is -0.306 e. The van der Waals surface area contributed by atoms with Crippen molar-refractivity contribution in [1.29, 1.82) is 0 Å². The molecule has 0 aliphatic rings. The van der Waals surface area contributed by atoms with Crippen LogP contribution in [0, 0.1) is 0 Å². The van der Waals surface area contributed by atoms with E-state index in [1.165, 1.54) is 15.3 Å². The van der Waals surface area contributed by atoms with Crippen LogP contribution in [0.1, 0.15) is 23.4 Å². The lowest BCUT2D eigenvalue weighted by Crippen LogP contribution is -2.20. The van der Waals surface area contributed by atoms with Crippen LogP contribution in [0.2, 0.25) is 0 Å². The first-order chi connectivity index (χ1) is 9.15. The molecule has 1 nitrogen and oxygen atoms in total. The van der Waals surface area contributed by atoms with E-state index in [4.69, 9.17) is 0 Å². The summed E-state index contributed by atoms with van der Waals surface area (Å²) < 4.78 is 2.27. The Bertz CT molecular complexity index is 517. The highest BCUT2D eigenvalue weighted by Gasteiger charge is 2.16. The summed E-state index contributed by atoms with van der Waals surface area (Å²) in [7, 11) is 0. The fourth-order valence-electron chi connectivity index (χ4n) is 1.89. The van der Waals surface area contributed by atoms with Crippen molar-refractivity contribution in [3.63, 3.8) is 0 Å². The van der Waals surface area contributed by atoms with Gasteiger partial charge in [-0.15, -0.1) is 23.1 Å². The average molecular weight is 421 g/mol. The first-order valence-corrected chi connectivity index (χ1v) is 9.60. The molecule has 1 aromatic heterocycles. The maximum atomic E-state index is 3.57. The van der Waals surface area contributed by atoms with Crippen molar-refractivity contribution in [3.8, 4) is 0 Å². The third kappa shape index (κ3) is 3.85. The molecule has 19 heavy (non-hydrogen) atoms. The molecule has 2 rings (SSSR count). The second-order valence-corrected chi connectivity index (χ2v) is 8.17. The van der Waals surface area contributed by atoms with E-state index in [1.54, 1.807) is 23.1 Å². The topological polar surface area (TPSA) is 12.0 Å². The molecule has 0 saturated heterocycles. The van der Waals surface area contributed by atoms with Crippen molar-refractivity contribution in [2.75, 3.05) is 12.8 Å². The van der Waals surface area contributed by atoms with Crippen LogP contribution in [-0.4, -0.2) is 12.8 Å². The number of hydrogen-bond acceptors (Lipinski definition) is 3. The Balaban J connectivity index is 2.33. The molecule has 2 aromatic rings. The van der Waals surface area contributed by atoms with Gasteiger partial charge in [-0.25, -0.2) is 0 Å². The number of thiophene rings is 1. The molecule has 0 radical (unpaired) electrons. The van der Waals surface area contributed by atoms with Crippen LogP contribution >= 0.6 is 55.0 Å². The molecule has 0 spiro atoms. The summed E-state index contributed by atoms with van der Waals surface area (Å²) in [6.07, 6.45) is 2.10. The Kier molecular flexibility index (Phi) is 5.96. The summed E-state index contributed by atoms with van der Waals surface area (Å²) in [6.45, 7) is 3.09. The molecule has 5 heteroatoms. The molecular formula is C14H15Br2NS2. The van der Waals surface area contributed by atoms with Gasteiger partial charge < -0.3 is 5.32 Å². The molecule has 1 N–H and O–H groups in total. The van der Waals surface area contributed by atoms with Gasteiger partial charge in [-0.05, 0) is 68.4 Å². The summed E-state index contributed by atoms with van der Waals surface area (Å²) in [5.41, 5.74) is 1.31. The third-order valence-corrected chi connectivity index (χ3v) is 6.87. The zero-order valence-electron chi connectivity index (χ0n) is 10.7. The van der Waals surface area contributed by atoms with Crippen LogP contribution in [0.4, 0.5) is 0 Å². The Labute approximate surface area is 139 Å². The average Bonchev–Trinajstić information content (AvgIpc) is 2.76. The summed E-state index contributed by atoms with van der Waals surface area (Å²) in [6, 6.07) is 11.2. The monoisotopic (exact) mass is 419 g/mol. The highest BCUT2D eigenvalue weighted by Crippen LogP contribution is 2.37. The van der Waals surface area contributed by atoms with Gasteiger partial charge in [0.25, 0.3) is 0 Å². The molecular weight excluding hydrogens is 406 g/mol. The number of halogens is 2. The SMILES string of the molecule is CCNC(c1ccc(SC)cc1)c1cc(Br)c(Br)s1. The first kappa shape index (κ1) is 15.6. The van der Waals surface area contributed by atoms with Crippen LogP contribution < -0.4 is 5.32 Å². The van der Waals surface area contributed by atoms with Crippen molar-refractivity contribution >= 4 is 55.0 Å². The molecule has 0 saturated carbocycles. The standard InChI is InChI=1S/C14H15Br2NS2/c1-3-17-13(12-8-11(15)14(16)19-12)9-4-6-10(18-2)7-5-9/h4-8,13,17H,3H2,1-2H3. The van der Waals surface area contributed by atoms with Crippen molar-refractivity contribution in [3.05, 3.63) is 49.0 Å². The maximum Gasteiger partial charge on any atom is 0.0843 e. The number of hydrogen-bond donors (Lipinski definition) is 1. The largest absolute Gasteiger partial charge is 0.306 e. The molecule has 1 atom stereocenters. The molecule has 102 valence electrons. The Morgan fingerprint density at radius 3 is 2.42 bits per heavy atom. The predicted octanol–water partition coefficient (Wildman–Crippen LogP) is 5.69. The zero-order valence-corrected chi connectivity index (χ0v) is 15.5. The van der Waals surface area contributed by atoms with E-state index >= 15 is 0 Å². The highest BCUT2D eigenvalue weighted by molar-refractivity contribution is 9.13. The molecule has 1 unspecified atom stereocenters. The second-order valence-electron chi connectivity index (χ2n) is 4.03. The van der Waals surface area contributed by atoms with Gasteiger partial charge in [0.05, 0.1) is 9.83 Å². The van der Waals surface area contributed by atoms with Crippen LogP contribution in [-0.2, 0) is 0 Å². The predicted molar refractivity (Wildman–Crippen MR) is 93.5 cm³/mol. The number of benzene rings is 1. The van der Waals surface area contributed by atoms with E-state index in [1.807, 2.05) is 0 Å².